The lowest BCUT2D eigenvalue weighted by atomic mass is 10.1. The molecule has 146 valence electrons. The van der Waals surface area contributed by atoms with Gasteiger partial charge in [0.05, 0.1) is 18.9 Å². The molecule has 0 aliphatic carbocycles. The number of benzene rings is 2. The standard InChI is InChI=1S/C21H20N6O2/c1-29-20(28)14-5-4-6-16(11-14)25-19-13-24-27-21(26-19)22-10-9-15-12-23-18-8-3-2-7-17(15)18/h2-8,11-13,23H,9-10H2,1H3,(H2,22,25,26,27). The van der Waals surface area contributed by atoms with Crippen molar-refractivity contribution in [2.75, 3.05) is 24.3 Å². The fourth-order valence-electron chi connectivity index (χ4n) is 3.08. The number of rotatable bonds is 7. The second kappa shape index (κ2) is 8.39. The number of ether oxygens (including phenoxy) is 1. The van der Waals surface area contributed by atoms with Crippen LogP contribution in [-0.2, 0) is 11.2 Å². The second-order valence-electron chi connectivity index (χ2n) is 6.40. The van der Waals surface area contributed by atoms with E-state index < -0.39 is 5.97 Å². The number of carbonyl (C=O) groups excluding carboxylic acids is 1. The first-order valence-corrected chi connectivity index (χ1v) is 9.17. The summed E-state index contributed by atoms with van der Waals surface area (Å²) in [5.41, 5.74) is 3.52. The Labute approximate surface area is 167 Å². The summed E-state index contributed by atoms with van der Waals surface area (Å²) in [6.07, 6.45) is 4.37. The third-order valence-electron chi connectivity index (χ3n) is 4.47. The molecule has 0 aliphatic heterocycles. The lowest BCUT2D eigenvalue weighted by Gasteiger charge is -2.08. The molecule has 3 N–H and O–H groups in total. The summed E-state index contributed by atoms with van der Waals surface area (Å²) in [4.78, 5) is 19.4. The number of esters is 1. The molecule has 8 heteroatoms. The molecular weight excluding hydrogens is 368 g/mol. The van der Waals surface area contributed by atoms with Crippen molar-refractivity contribution in [3.05, 3.63) is 72.1 Å². The summed E-state index contributed by atoms with van der Waals surface area (Å²) in [5.74, 6) is 0.560. The van der Waals surface area contributed by atoms with Gasteiger partial charge in [0, 0.05) is 29.3 Å². The number of hydrogen-bond donors (Lipinski definition) is 3. The number of aromatic amines is 1. The zero-order chi connectivity index (χ0) is 20.1. The molecule has 8 nitrogen and oxygen atoms in total. The number of carbonyl (C=O) groups is 1. The first kappa shape index (κ1) is 18.4. The molecule has 2 aromatic carbocycles. The lowest BCUT2D eigenvalue weighted by molar-refractivity contribution is 0.0601. The van der Waals surface area contributed by atoms with Gasteiger partial charge in [-0.1, -0.05) is 24.3 Å². The monoisotopic (exact) mass is 388 g/mol. The summed E-state index contributed by atoms with van der Waals surface area (Å²) < 4.78 is 4.75. The number of methoxy groups -OCH3 is 1. The number of para-hydroxylation sites is 1. The molecule has 0 unspecified atom stereocenters. The van der Waals surface area contributed by atoms with Crippen LogP contribution >= 0.6 is 0 Å². The van der Waals surface area contributed by atoms with Crippen LogP contribution in [0, 0.1) is 0 Å². The van der Waals surface area contributed by atoms with Crippen LogP contribution < -0.4 is 10.6 Å². The fourth-order valence-corrected chi connectivity index (χ4v) is 3.08. The van der Waals surface area contributed by atoms with E-state index in [1.807, 2.05) is 24.4 Å². The van der Waals surface area contributed by atoms with E-state index in [4.69, 9.17) is 4.74 Å². The number of fused-ring (bicyclic) bond motifs is 1. The summed E-state index contributed by atoms with van der Waals surface area (Å²) in [6.45, 7) is 0.671. The molecule has 0 saturated heterocycles. The molecule has 0 saturated carbocycles. The molecule has 2 aromatic heterocycles. The molecule has 0 radical (unpaired) electrons. The molecule has 4 aromatic rings. The van der Waals surface area contributed by atoms with Gasteiger partial charge in [-0.2, -0.15) is 10.1 Å². The Morgan fingerprint density at radius 2 is 2.07 bits per heavy atom. The Kier molecular flexibility index (Phi) is 5.33. The van der Waals surface area contributed by atoms with E-state index in [0.717, 1.165) is 11.9 Å². The first-order valence-electron chi connectivity index (χ1n) is 9.17. The van der Waals surface area contributed by atoms with Crippen molar-refractivity contribution >= 4 is 34.3 Å². The topological polar surface area (TPSA) is 105 Å². The smallest absolute Gasteiger partial charge is 0.337 e. The molecule has 0 spiro atoms. The minimum Gasteiger partial charge on any atom is -0.465 e. The lowest BCUT2D eigenvalue weighted by Crippen LogP contribution is -2.09. The van der Waals surface area contributed by atoms with E-state index in [1.165, 1.54) is 24.3 Å². The van der Waals surface area contributed by atoms with Gasteiger partial charge in [0.15, 0.2) is 5.82 Å². The summed E-state index contributed by atoms with van der Waals surface area (Å²) in [6, 6.07) is 15.2. The van der Waals surface area contributed by atoms with Crippen molar-refractivity contribution in [2.45, 2.75) is 6.42 Å². The summed E-state index contributed by atoms with van der Waals surface area (Å²) in [7, 11) is 1.35. The molecule has 2 heterocycles. The van der Waals surface area contributed by atoms with Gasteiger partial charge in [-0.25, -0.2) is 4.79 Å². The quantitative estimate of drug-likeness (QED) is 0.416. The normalized spacial score (nSPS) is 10.7. The Morgan fingerprint density at radius 3 is 2.97 bits per heavy atom. The van der Waals surface area contributed by atoms with Crippen molar-refractivity contribution in [3.8, 4) is 0 Å². The van der Waals surface area contributed by atoms with E-state index in [2.05, 4.69) is 42.9 Å². The van der Waals surface area contributed by atoms with Crippen LogP contribution in [0.25, 0.3) is 10.9 Å². The number of nitrogens with one attached hydrogen (secondary N) is 3. The molecule has 0 aliphatic rings. The van der Waals surface area contributed by atoms with Crippen molar-refractivity contribution in [1.29, 1.82) is 0 Å². The van der Waals surface area contributed by atoms with Crippen molar-refractivity contribution in [2.24, 2.45) is 0 Å². The van der Waals surface area contributed by atoms with E-state index in [9.17, 15) is 4.79 Å². The highest BCUT2D eigenvalue weighted by atomic mass is 16.5. The highest BCUT2D eigenvalue weighted by molar-refractivity contribution is 5.90. The van der Waals surface area contributed by atoms with Gasteiger partial charge in [-0.05, 0) is 36.2 Å². The van der Waals surface area contributed by atoms with Crippen LogP contribution in [0.15, 0.2) is 60.9 Å². The molecule has 4 rings (SSSR count). The molecule has 29 heavy (non-hydrogen) atoms. The number of nitrogens with zero attached hydrogens (tertiary/aromatic N) is 3. The van der Waals surface area contributed by atoms with Gasteiger partial charge in [-0.3, -0.25) is 0 Å². The van der Waals surface area contributed by atoms with Gasteiger partial charge < -0.3 is 20.4 Å². The van der Waals surface area contributed by atoms with Crippen LogP contribution in [0.2, 0.25) is 0 Å². The van der Waals surface area contributed by atoms with Crippen LogP contribution in [0.5, 0.6) is 0 Å². The van der Waals surface area contributed by atoms with Crippen LogP contribution in [0.1, 0.15) is 15.9 Å². The molecular formula is C21H20N6O2. The number of anilines is 3. The van der Waals surface area contributed by atoms with Gasteiger partial charge in [0.25, 0.3) is 0 Å². The minimum absolute atomic E-state index is 0.394. The minimum atomic E-state index is -0.394. The maximum atomic E-state index is 11.7. The third-order valence-corrected chi connectivity index (χ3v) is 4.47. The highest BCUT2D eigenvalue weighted by Gasteiger charge is 2.07. The summed E-state index contributed by atoms with van der Waals surface area (Å²) >= 11 is 0. The molecule has 0 amide bonds. The van der Waals surface area contributed by atoms with Crippen LogP contribution in [0.4, 0.5) is 17.5 Å². The Morgan fingerprint density at radius 1 is 1.17 bits per heavy atom. The SMILES string of the molecule is COC(=O)c1cccc(Nc2cnnc(NCCc3c[nH]c4ccccc34)n2)c1. The zero-order valence-electron chi connectivity index (χ0n) is 15.8. The van der Waals surface area contributed by atoms with E-state index in [1.54, 1.807) is 18.2 Å². The predicted molar refractivity (Wildman–Crippen MR) is 111 cm³/mol. The maximum Gasteiger partial charge on any atom is 0.337 e. The number of aromatic nitrogens is 4. The summed E-state index contributed by atoms with van der Waals surface area (Å²) in [5, 5.41) is 15.6. The first-order chi connectivity index (χ1) is 14.2. The molecule has 0 atom stereocenters. The van der Waals surface area contributed by atoms with Crippen molar-refractivity contribution in [1.82, 2.24) is 20.2 Å². The zero-order valence-corrected chi connectivity index (χ0v) is 15.8. The predicted octanol–water partition coefficient (Wildman–Crippen LogP) is 3.54. The van der Waals surface area contributed by atoms with Gasteiger partial charge in [0.2, 0.25) is 5.95 Å². The highest BCUT2D eigenvalue weighted by Crippen LogP contribution is 2.19. The average molecular weight is 388 g/mol. The Hall–Kier alpha value is -3.94. The second-order valence-corrected chi connectivity index (χ2v) is 6.40. The van der Waals surface area contributed by atoms with Crippen LogP contribution in [0.3, 0.4) is 0 Å². The maximum absolute atomic E-state index is 11.7. The van der Waals surface area contributed by atoms with E-state index in [-0.39, 0.29) is 0 Å². The van der Waals surface area contributed by atoms with Gasteiger partial charge >= 0.3 is 5.97 Å². The number of hydrogen-bond acceptors (Lipinski definition) is 7. The van der Waals surface area contributed by atoms with Crippen LogP contribution in [-0.4, -0.2) is 39.8 Å². The molecule has 0 bridgehead atoms. The average Bonchev–Trinajstić information content (AvgIpc) is 3.17. The van der Waals surface area contributed by atoms with Gasteiger partial charge in [0.1, 0.15) is 0 Å². The largest absolute Gasteiger partial charge is 0.465 e. The van der Waals surface area contributed by atoms with E-state index >= 15 is 0 Å². The Bertz CT molecular complexity index is 1140. The van der Waals surface area contributed by atoms with Gasteiger partial charge in [-0.15, -0.1) is 5.10 Å². The fraction of sp³-hybridized carbons (Fsp3) is 0.143. The van der Waals surface area contributed by atoms with Crippen molar-refractivity contribution in [3.63, 3.8) is 0 Å². The number of H-pyrrole nitrogens is 1. The van der Waals surface area contributed by atoms with Crippen molar-refractivity contribution < 1.29 is 9.53 Å². The Balaban J connectivity index is 1.39. The van der Waals surface area contributed by atoms with E-state index in [0.29, 0.717) is 29.6 Å². The third kappa shape index (κ3) is 4.32. The molecule has 0 fully saturated rings.